The second-order valence-electron chi connectivity index (χ2n) is 4.06. The fourth-order valence-electron chi connectivity index (χ4n) is 1.37. The van der Waals surface area contributed by atoms with Crippen LogP contribution in [0.3, 0.4) is 0 Å². The molecule has 96 valence electrons. The molecular weight excluding hydrogens is 208 g/mol. The highest BCUT2D eigenvalue weighted by Crippen LogP contribution is 1.95. The quantitative estimate of drug-likeness (QED) is 0.485. The number of aliphatic hydroxyl groups is 1. The van der Waals surface area contributed by atoms with Crippen molar-refractivity contribution < 1.29 is 14.6 Å². The van der Waals surface area contributed by atoms with Gasteiger partial charge in [0.05, 0.1) is 12.6 Å². The number of hydrogen-bond acceptors (Lipinski definition) is 4. The van der Waals surface area contributed by atoms with Gasteiger partial charge in [-0.15, -0.1) is 0 Å². The average Bonchev–Trinajstić information content (AvgIpc) is 2.20. The number of carbonyl (C=O) groups is 1. The molecule has 0 aromatic carbocycles. The van der Waals surface area contributed by atoms with Crippen molar-refractivity contribution in [1.82, 2.24) is 10.6 Å². The molecule has 0 aromatic heterocycles. The molecule has 0 heterocycles. The first kappa shape index (κ1) is 15.3. The van der Waals surface area contributed by atoms with Crippen molar-refractivity contribution in [2.75, 3.05) is 26.8 Å². The van der Waals surface area contributed by atoms with Gasteiger partial charge in [0.15, 0.2) is 0 Å². The standard InChI is InChI=1S/C11H24N2O3/c1-9(7-10(2)14)13-8-11(15)12-5-4-6-16-3/h9-10,13-14H,4-8H2,1-3H3,(H,12,15). The van der Waals surface area contributed by atoms with Gasteiger partial charge < -0.3 is 20.5 Å². The van der Waals surface area contributed by atoms with Gasteiger partial charge in [0.25, 0.3) is 0 Å². The zero-order valence-corrected chi connectivity index (χ0v) is 10.5. The van der Waals surface area contributed by atoms with Crippen LogP contribution < -0.4 is 10.6 Å². The summed E-state index contributed by atoms with van der Waals surface area (Å²) in [4.78, 5) is 11.3. The highest BCUT2D eigenvalue weighted by molar-refractivity contribution is 5.77. The predicted octanol–water partition coefficient (Wildman–Crippen LogP) is -0.112. The molecule has 2 atom stereocenters. The van der Waals surface area contributed by atoms with Gasteiger partial charge in [0.1, 0.15) is 0 Å². The number of aliphatic hydroxyl groups excluding tert-OH is 1. The van der Waals surface area contributed by atoms with Gasteiger partial charge in [-0.05, 0) is 26.7 Å². The van der Waals surface area contributed by atoms with Crippen molar-refractivity contribution in [3.8, 4) is 0 Å². The van der Waals surface area contributed by atoms with E-state index in [2.05, 4.69) is 10.6 Å². The van der Waals surface area contributed by atoms with Gasteiger partial charge in [-0.1, -0.05) is 0 Å². The van der Waals surface area contributed by atoms with Crippen LogP contribution in [-0.4, -0.2) is 50.0 Å². The van der Waals surface area contributed by atoms with Crippen LogP contribution >= 0.6 is 0 Å². The molecule has 3 N–H and O–H groups in total. The molecule has 0 saturated carbocycles. The number of hydrogen-bond donors (Lipinski definition) is 3. The molecule has 0 aromatic rings. The van der Waals surface area contributed by atoms with Crippen molar-refractivity contribution in [2.24, 2.45) is 0 Å². The molecule has 0 radical (unpaired) electrons. The van der Waals surface area contributed by atoms with Gasteiger partial charge in [0.2, 0.25) is 5.91 Å². The number of ether oxygens (including phenoxy) is 1. The highest BCUT2D eigenvalue weighted by atomic mass is 16.5. The number of amides is 1. The summed E-state index contributed by atoms with van der Waals surface area (Å²) >= 11 is 0. The zero-order valence-electron chi connectivity index (χ0n) is 10.5. The number of methoxy groups -OCH3 is 1. The summed E-state index contributed by atoms with van der Waals surface area (Å²) in [5.74, 6) is -0.0199. The second-order valence-corrected chi connectivity index (χ2v) is 4.06. The molecule has 0 rings (SSSR count). The van der Waals surface area contributed by atoms with Crippen molar-refractivity contribution >= 4 is 5.91 Å². The molecule has 16 heavy (non-hydrogen) atoms. The van der Waals surface area contributed by atoms with Crippen molar-refractivity contribution in [3.63, 3.8) is 0 Å². The Morgan fingerprint density at radius 2 is 2.12 bits per heavy atom. The van der Waals surface area contributed by atoms with Crippen molar-refractivity contribution in [3.05, 3.63) is 0 Å². The van der Waals surface area contributed by atoms with Crippen LogP contribution in [0.25, 0.3) is 0 Å². The van der Waals surface area contributed by atoms with E-state index < -0.39 is 0 Å². The monoisotopic (exact) mass is 232 g/mol. The van der Waals surface area contributed by atoms with E-state index in [-0.39, 0.29) is 18.1 Å². The van der Waals surface area contributed by atoms with Gasteiger partial charge in [-0.25, -0.2) is 0 Å². The maximum Gasteiger partial charge on any atom is 0.233 e. The smallest absolute Gasteiger partial charge is 0.233 e. The van der Waals surface area contributed by atoms with Gasteiger partial charge in [-0.3, -0.25) is 4.79 Å². The van der Waals surface area contributed by atoms with Crippen molar-refractivity contribution in [1.29, 1.82) is 0 Å². The van der Waals surface area contributed by atoms with Crippen LogP contribution in [0, 0.1) is 0 Å². The summed E-state index contributed by atoms with van der Waals surface area (Å²) in [6, 6.07) is 0.143. The van der Waals surface area contributed by atoms with E-state index in [1.165, 1.54) is 0 Å². The third-order valence-corrected chi connectivity index (χ3v) is 2.15. The molecule has 0 aliphatic carbocycles. The summed E-state index contributed by atoms with van der Waals surface area (Å²) in [7, 11) is 1.64. The summed E-state index contributed by atoms with van der Waals surface area (Å²) in [6.07, 6.45) is 1.13. The zero-order chi connectivity index (χ0) is 12.4. The first-order valence-corrected chi connectivity index (χ1v) is 5.73. The van der Waals surface area contributed by atoms with Crippen molar-refractivity contribution in [2.45, 2.75) is 38.8 Å². The second kappa shape index (κ2) is 9.57. The van der Waals surface area contributed by atoms with Crippen LogP contribution in [0.5, 0.6) is 0 Å². The molecule has 5 nitrogen and oxygen atoms in total. The van der Waals surface area contributed by atoms with Crippen LogP contribution in [0.4, 0.5) is 0 Å². The fourth-order valence-corrected chi connectivity index (χ4v) is 1.37. The molecule has 0 aliphatic rings. The molecule has 2 unspecified atom stereocenters. The molecular formula is C11H24N2O3. The Bertz CT molecular complexity index is 186. The maximum absolute atomic E-state index is 11.3. The third kappa shape index (κ3) is 9.89. The molecule has 0 fully saturated rings. The highest BCUT2D eigenvalue weighted by Gasteiger charge is 2.07. The largest absolute Gasteiger partial charge is 0.393 e. The number of rotatable bonds is 9. The molecule has 1 amide bonds. The minimum Gasteiger partial charge on any atom is -0.393 e. The van der Waals surface area contributed by atoms with E-state index in [0.717, 1.165) is 6.42 Å². The fraction of sp³-hybridized carbons (Fsp3) is 0.909. The molecule has 5 heteroatoms. The first-order chi connectivity index (χ1) is 7.56. The number of carbonyl (C=O) groups excluding carboxylic acids is 1. The predicted molar refractivity (Wildman–Crippen MR) is 63.3 cm³/mol. The summed E-state index contributed by atoms with van der Waals surface area (Å²) in [5.41, 5.74) is 0. The third-order valence-electron chi connectivity index (χ3n) is 2.15. The summed E-state index contributed by atoms with van der Waals surface area (Å²) in [5, 5.41) is 15.0. The Morgan fingerprint density at radius 1 is 1.44 bits per heavy atom. The minimum atomic E-state index is -0.340. The van der Waals surface area contributed by atoms with Crippen LogP contribution in [0.15, 0.2) is 0 Å². The van der Waals surface area contributed by atoms with E-state index in [1.807, 2.05) is 6.92 Å². The molecule has 0 spiro atoms. The number of nitrogens with one attached hydrogen (secondary N) is 2. The Labute approximate surface area is 97.6 Å². The minimum absolute atomic E-state index is 0.0199. The van der Waals surface area contributed by atoms with E-state index in [0.29, 0.717) is 26.1 Å². The molecule has 0 bridgehead atoms. The lowest BCUT2D eigenvalue weighted by molar-refractivity contribution is -0.120. The average molecular weight is 232 g/mol. The van der Waals surface area contributed by atoms with E-state index in [9.17, 15) is 4.79 Å². The Morgan fingerprint density at radius 3 is 2.69 bits per heavy atom. The van der Waals surface area contributed by atoms with Crippen LogP contribution in [0.2, 0.25) is 0 Å². The van der Waals surface area contributed by atoms with Gasteiger partial charge >= 0.3 is 0 Å². The maximum atomic E-state index is 11.3. The lowest BCUT2D eigenvalue weighted by atomic mass is 10.1. The Balaban J connectivity index is 3.42. The summed E-state index contributed by atoms with van der Waals surface area (Å²) < 4.78 is 4.87. The molecule has 0 saturated heterocycles. The summed E-state index contributed by atoms with van der Waals surface area (Å²) in [6.45, 7) is 5.28. The lowest BCUT2D eigenvalue weighted by Gasteiger charge is -2.15. The van der Waals surface area contributed by atoms with E-state index >= 15 is 0 Å². The first-order valence-electron chi connectivity index (χ1n) is 5.73. The topological polar surface area (TPSA) is 70.6 Å². The molecule has 0 aliphatic heterocycles. The van der Waals surface area contributed by atoms with Gasteiger partial charge in [0, 0.05) is 26.3 Å². The lowest BCUT2D eigenvalue weighted by Crippen LogP contribution is -2.39. The van der Waals surface area contributed by atoms with Gasteiger partial charge in [-0.2, -0.15) is 0 Å². The Hall–Kier alpha value is -0.650. The SMILES string of the molecule is COCCCNC(=O)CNC(C)CC(C)O. The van der Waals surface area contributed by atoms with Crippen LogP contribution in [0.1, 0.15) is 26.7 Å². The van der Waals surface area contributed by atoms with E-state index in [1.54, 1.807) is 14.0 Å². The van der Waals surface area contributed by atoms with E-state index in [4.69, 9.17) is 9.84 Å². The van der Waals surface area contributed by atoms with Crippen LogP contribution in [-0.2, 0) is 9.53 Å². The Kier molecular flexibility index (Phi) is 9.18. The normalized spacial score (nSPS) is 14.5.